The minimum atomic E-state index is 0.484. The van der Waals surface area contributed by atoms with Crippen LogP contribution in [-0.2, 0) is 11.3 Å². The molecule has 0 heterocycles. The molecular formula is C10H13O2. The first-order chi connectivity index (χ1) is 5.88. The monoisotopic (exact) mass is 165 g/mol. The average Bonchev–Trinajstić information content (AvgIpc) is 2.15. The van der Waals surface area contributed by atoms with E-state index in [1.165, 1.54) is 0 Å². The van der Waals surface area contributed by atoms with E-state index in [4.69, 9.17) is 9.47 Å². The van der Waals surface area contributed by atoms with Gasteiger partial charge in [0.25, 0.3) is 0 Å². The summed E-state index contributed by atoms with van der Waals surface area (Å²) in [5, 5.41) is 0. The first kappa shape index (κ1) is 9.07. The lowest BCUT2D eigenvalue weighted by Gasteiger charge is -2.06. The highest BCUT2D eigenvalue weighted by Crippen LogP contribution is 2.17. The molecule has 1 rings (SSSR count). The summed E-state index contributed by atoms with van der Waals surface area (Å²) in [7, 11) is 1.66. The van der Waals surface area contributed by atoms with Crippen molar-refractivity contribution in [2.45, 2.75) is 6.61 Å². The Labute approximate surface area is 73.1 Å². The fraction of sp³-hybridized carbons (Fsp3) is 0.300. The molecule has 12 heavy (non-hydrogen) atoms. The van der Waals surface area contributed by atoms with Gasteiger partial charge in [-0.05, 0) is 13.0 Å². The van der Waals surface area contributed by atoms with E-state index in [1.807, 2.05) is 24.3 Å². The second-order valence-corrected chi connectivity index (χ2v) is 2.36. The maximum absolute atomic E-state index is 5.17. The Morgan fingerprint density at radius 2 is 2.08 bits per heavy atom. The largest absolute Gasteiger partial charge is 0.496 e. The van der Waals surface area contributed by atoms with Crippen molar-refractivity contribution in [3.63, 3.8) is 0 Å². The van der Waals surface area contributed by atoms with Crippen molar-refractivity contribution >= 4 is 0 Å². The van der Waals surface area contributed by atoms with E-state index in [9.17, 15) is 0 Å². The van der Waals surface area contributed by atoms with E-state index >= 15 is 0 Å². The Morgan fingerprint density at radius 1 is 1.33 bits per heavy atom. The number of para-hydroxylation sites is 1. The molecule has 1 aromatic rings. The third kappa shape index (κ3) is 2.24. The molecule has 0 amide bonds. The van der Waals surface area contributed by atoms with Crippen LogP contribution in [0.1, 0.15) is 5.56 Å². The van der Waals surface area contributed by atoms with Gasteiger partial charge in [-0.1, -0.05) is 18.2 Å². The first-order valence-electron chi connectivity index (χ1n) is 3.87. The Bertz CT molecular complexity index is 233. The third-order valence-electron chi connectivity index (χ3n) is 1.59. The van der Waals surface area contributed by atoms with Crippen molar-refractivity contribution in [2.24, 2.45) is 0 Å². The molecule has 2 nitrogen and oxygen atoms in total. The Morgan fingerprint density at radius 3 is 2.75 bits per heavy atom. The fourth-order valence-corrected chi connectivity index (χ4v) is 1.00. The average molecular weight is 165 g/mol. The van der Waals surface area contributed by atoms with Crippen LogP contribution in [0.5, 0.6) is 5.75 Å². The predicted octanol–water partition coefficient (Wildman–Crippen LogP) is 2.05. The summed E-state index contributed by atoms with van der Waals surface area (Å²) in [6.45, 7) is 4.64. The SMILES string of the molecule is [CH2]COCc1ccccc1OC. The van der Waals surface area contributed by atoms with Gasteiger partial charge in [0.2, 0.25) is 0 Å². The molecule has 0 fully saturated rings. The molecule has 0 aliphatic rings. The van der Waals surface area contributed by atoms with Crippen LogP contribution < -0.4 is 4.74 Å². The molecule has 2 heteroatoms. The molecule has 0 N–H and O–H groups in total. The molecule has 1 radical (unpaired) electrons. The second kappa shape index (κ2) is 4.78. The summed E-state index contributed by atoms with van der Waals surface area (Å²) < 4.78 is 10.3. The molecule has 0 aromatic heterocycles. The number of benzene rings is 1. The van der Waals surface area contributed by atoms with Crippen LogP contribution >= 0.6 is 0 Å². The maximum Gasteiger partial charge on any atom is 0.124 e. The topological polar surface area (TPSA) is 18.5 Å². The molecule has 0 unspecified atom stereocenters. The van der Waals surface area contributed by atoms with Crippen molar-refractivity contribution < 1.29 is 9.47 Å². The number of ether oxygens (including phenoxy) is 2. The van der Waals surface area contributed by atoms with Gasteiger partial charge >= 0.3 is 0 Å². The zero-order valence-electron chi connectivity index (χ0n) is 7.25. The van der Waals surface area contributed by atoms with E-state index in [1.54, 1.807) is 7.11 Å². The lowest BCUT2D eigenvalue weighted by molar-refractivity contribution is 0.145. The van der Waals surface area contributed by atoms with Crippen LogP contribution in [0, 0.1) is 6.92 Å². The van der Waals surface area contributed by atoms with Crippen molar-refractivity contribution in [2.75, 3.05) is 13.7 Å². The molecule has 0 aliphatic heterocycles. The van der Waals surface area contributed by atoms with E-state index in [0.29, 0.717) is 13.2 Å². The molecule has 65 valence electrons. The Hall–Kier alpha value is -1.02. The van der Waals surface area contributed by atoms with E-state index in [2.05, 4.69) is 6.92 Å². The van der Waals surface area contributed by atoms with Crippen LogP contribution in [-0.4, -0.2) is 13.7 Å². The van der Waals surface area contributed by atoms with Crippen LogP contribution in [0.3, 0.4) is 0 Å². The highest BCUT2D eigenvalue weighted by Gasteiger charge is 1.99. The standard InChI is InChI=1S/C10H13O2/c1-3-12-8-9-6-4-5-7-10(9)11-2/h4-7H,1,3,8H2,2H3. The summed E-state index contributed by atoms with van der Waals surface area (Å²) in [6, 6.07) is 7.80. The summed E-state index contributed by atoms with van der Waals surface area (Å²) in [5.74, 6) is 0.867. The zero-order chi connectivity index (χ0) is 8.81. The highest BCUT2D eigenvalue weighted by atomic mass is 16.5. The molecule has 1 aromatic carbocycles. The third-order valence-corrected chi connectivity index (χ3v) is 1.59. The number of methoxy groups -OCH3 is 1. The number of hydrogen-bond donors (Lipinski definition) is 0. The fourth-order valence-electron chi connectivity index (χ4n) is 1.00. The van der Waals surface area contributed by atoms with Crippen molar-refractivity contribution in [3.05, 3.63) is 36.8 Å². The molecule has 0 spiro atoms. The van der Waals surface area contributed by atoms with Crippen LogP contribution in [0.15, 0.2) is 24.3 Å². The summed E-state index contributed by atoms with van der Waals surface area (Å²) >= 11 is 0. The summed E-state index contributed by atoms with van der Waals surface area (Å²) in [6.07, 6.45) is 0. The van der Waals surface area contributed by atoms with Crippen molar-refractivity contribution in [1.82, 2.24) is 0 Å². The van der Waals surface area contributed by atoms with Gasteiger partial charge in [-0.25, -0.2) is 0 Å². The van der Waals surface area contributed by atoms with Crippen LogP contribution in [0.25, 0.3) is 0 Å². The maximum atomic E-state index is 5.17. The molecule has 0 aliphatic carbocycles. The van der Waals surface area contributed by atoms with Gasteiger partial charge < -0.3 is 9.47 Å². The van der Waals surface area contributed by atoms with Gasteiger partial charge in [-0.2, -0.15) is 0 Å². The smallest absolute Gasteiger partial charge is 0.124 e. The Kier molecular flexibility index (Phi) is 3.61. The minimum Gasteiger partial charge on any atom is -0.496 e. The van der Waals surface area contributed by atoms with Crippen molar-refractivity contribution in [3.8, 4) is 5.75 Å². The van der Waals surface area contributed by atoms with E-state index in [0.717, 1.165) is 11.3 Å². The van der Waals surface area contributed by atoms with E-state index in [-0.39, 0.29) is 0 Å². The van der Waals surface area contributed by atoms with Gasteiger partial charge in [0.05, 0.1) is 13.7 Å². The number of hydrogen-bond acceptors (Lipinski definition) is 2. The highest BCUT2D eigenvalue weighted by molar-refractivity contribution is 5.32. The molecule has 0 bridgehead atoms. The van der Waals surface area contributed by atoms with Crippen LogP contribution in [0.4, 0.5) is 0 Å². The van der Waals surface area contributed by atoms with Gasteiger partial charge in [-0.3, -0.25) is 0 Å². The van der Waals surface area contributed by atoms with Gasteiger partial charge in [0, 0.05) is 12.2 Å². The number of rotatable bonds is 4. The molecule has 0 atom stereocenters. The lowest BCUT2D eigenvalue weighted by Crippen LogP contribution is -1.95. The predicted molar refractivity (Wildman–Crippen MR) is 48.0 cm³/mol. The summed E-state index contributed by atoms with van der Waals surface area (Å²) in [4.78, 5) is 0. The first-order valence-corrected chi connectivity index (χ1v) is 3.87. The van der Waals surface area contributed by atoms with Gasteiger partial charge in [-0.15, -0.1) is 0 Å². The van der Waals surface area contributed by atoms with Gasteiger partial charge in [0.15, 0.2) is 0 Å². The lowest BCUT2D eigenvalue weighted by atomic mass is 10.2. The molecule has 0 saturated heterocycles. The van der Waals surface area contributed by atoms with Crippen molar-refractivity contribution in [1.29, 1.82) is 0 Å². The molecular weight excluding hydrogens is 152 g/mol. The zero-order valence-corrected chi connectivity index (χ0v) is 7.25. The minimum absolute atomic E-state index is 0.484. The summed E-state index contributed by atoms with van der Waals surface area (Å²) in [5.41, 5.74) is 1.06. The van der Waals surface area contributed by atoms with Crippen LogP contribution in [0.2, 0.25) is 0 Å². The Balaban J connectivity index is 2.68. The van der Waals surface area contributed by atoms with Gasteiger partial charge in [0.1, 0.15) is 5.75 Å². The normalized spacial score (nSPS) is 9.83. The quantitative estimate of drug-likeness (QED) is 0.679. The van der Waals surface area contributed by atoms with E-state index < -0.39 is 0 Å². The second-order valence-electron chi connectivity index (χ2n) is 2.36. The molecule has 0 saturated carbocycles.